The molecule has 0 spiro atoms. The predicted octanol–water partition coefficient (Wildman–Crippen LogP) is 4.67. The van der Waals surface area contributed by atoms with Gasteiger partial charge in [0, 0.05) is 31.7 Å². The van der Waals surface area contributed by atoms with Crippen LogP contribution in [0.3, 0.4) is 0 Å². The number of aromatic nitrogens is 1. The Labute approximate surface area is 177 Å². The fraction of sp³-hybridized carbons (Fsp3) is 0.136. The van der Waals surface area contributed by atoms with Crippen molar-refractivity contribution in [2.45, 2.75) is 6.18 Å². The van der Waals surface area contributed by atoms with Crippen LogP contribution in [0.5, 0.6) is 0 Å². The molecule has 160 valence electrons. The number of rotatable bonds is 6. The van der Waals surface area contributed by atoms with Crippen LogP contribution in [-0.4, -0.2) is 31.2 Å². The maximum Gasteiger partial charge on any atom is 0.416 e. The minimum absolute atomic E-state index is 0.116. The number of pyridine rings is 1. The summed E-state index contributed by atoms with van der Waals surface area (Å²) in [5, 5.41) is 6.71. The number of carbonyl (C=O) groups is 1. The summed E-state index contributed by atoms with van der Waals surface area (Å²) in [7, 11) is 3.87. The molecule has 1 aromatic heterocycles. The average molecular weight is 427 g/mol. The van der Waals surface area contributed by atoms with Gasteiger partial charge in [0.1, 0.15) is 5.82 Å². The van der Waals surface area contributed by atoms with Gasteiger partial charge in [-0.25, -0.2) is 10.4 Å². The molecular weight excluding hydrogens is 407 g/mol. The van der Waals surface area contributed by atoms with Crippen LogP contribution in [0.4, 0.5) is 30.4 Å². The monoisotopic (exact) mass is 427 g/mol. The van der Waals surface area contributed by atoms with Gasteiger partial charge >= 0.3 is 6.18 Å². The zero-order valence-corrected chi connectivity index (χ0v) is 16.8. The first kappa shape index (κ1) is 21.8. The van der Waals surface area contributed by atoms with Crippen LogP contribution in [0.15, 0.2) is 72.0 Å². The third kappa shape index (κ3) is 5.81. The fourth-order valence-electron chi connectivity index (χ4n) is 2.68. The summed E-state index contributed by atoms with van der Waals surface area (Å²) >= 11 is 0. The van der Waals surface area contributed by atoms with Crippen molar-refractivity contribution in [2.24, 2.45) is 5.10 Å². The second kappa shape index (κ2) is 9.29. The van der Waals surface area contributed by atoms with Crippen LogP contribution >= 0.6 is 0 Å². The molecule has 2 N–H and O–H groups in total. The molecule has 0 unspecified atom stereocenters. The molecule has 1 heterocycles. The number of amides is 1. The topological polar surface area (TPSA) is 69.6 Å². The van der Waals surface area contributed by atoms with Crippen LogP contribution in [0.25, 0.3) is 0 Å². The van der Waals surface area contributed by atoms with Gasteiger partial charge in [-0.05, 0) is 48.0 Å². The molecule has 0 aliphatic rings. The van der Waals surface area contributed by atoms with E-state index in [9.17, 15) is 18.0 Å². The van der Waals surface area contributed by atoms with E-state index in [2.05, 4.69) is 20.8 Å². The minimum Gasteiger partial charge on any atom is -0.378 e. The number of benzene rings is 2. The summed E-state index contributed by atoms with van der Waals surface area (Å²) in [6.07, 6.45) is -1.54. The van der Waals surface area contributed by atoms with Crippen molar-refractivity contribution in [2.75, 3.05) is 24.3 Å². The summed E-state index contributed by atoms with van der Waals surface area (Å²) in [6, 6.07) is 15.3. The second-order valence-corrected chi connectivity index (χ2v) is 6.79. The second-order valence-electron chi connectivity index (χ2n) is 6.79. The number of hydrazone groups is 1. The first-order valence-corrected chi connectivity index (χ1v) is 9.24. The summed E-state index contributed by atoms with van der Waals surface area (Å²) in [6.45, 7) is 0. The third-order valence-electron chi connectivity index (χ3n) is 4.29. The first-order chi connectivity index (χ1) is 14.7. The Balaban J connectivity index is 1.72. The van der Waals surface area contributed by atoms with Gasteiger partial charge in [-0.1, -0.05) is 18.2 Å². The van der Waals surface area contributed by atoms with Crippen molar-refractivity contribution in [3.63, 3.8) is 0 Å². The Morgan fingerprint density at radius 1 is 1.06 bits per heavy atom. The predicted molar refractivity (Wildman–Crippen MR) is 115 cm³/mol. The van der Waals surface area contributed by atoms with E-state index in [1.165, 1.54) is 30.6 Å². The molecule has 3 aromatic rings. The van der Waals surface area contributed by atoms with E-state index in [1.807, 2.05) is 43.3 Å². The lowest BCUT2D eigenvalue weighted by Crippen LogP contribution is -2.19. The van der Waals surface area contributed by atoms with Crippen LogP contribution in [0.1, 0.15) is 21.5 Å². The molecule has 0 radical (unpaired) electrons. The quantitative estimate of drug-likeness (QED) is 0.443. The largest absolute Gasteiger partial charge is 0.416 e. The fourth-order valence-corrected chi connectivity index (χ4v) is 2.68. The molecule has 31 heavy (non-hydrogen) atoms. The van der Waals surface area contributed by atoms with Gasteiger partial charge in [0.15, 0.2) is 0 Å². The van der Waals surface area contributed by atoms with Crippen molar-refractivity contribution < 1.29 is 18.0 Å². The zero-order chi connectivity index (χ0) is 22.4. The maximum absolute atomic E-state index is 12.9. The molecule has 0 aliphatic heterocycles. The van der Waals surface area contributed by atoms with Gasteiger partial charge in [-0.2, -0.15) is 18.3 Å². The van der Waals surface area contributed by atoms with Gasteiger partial charge in [0.2, 0.25) is 0 Å². The number of nitrogens with one attached hydrogen (secondary N) is 2. The van der Waals surface area contributed by atoms with Gasteiger partial charge in [-0.15, -0.1) is 0 Å². The molecule has 6 nitrogen and oxygen atoms in total. The summed E-state index contributed by atoms with van der Waals surface area (Å²) < 4.78 is 38.8. The summed E-state index contributed by atoms with van der Waals surface area (Å²) in [5.74, 6) is -0.436. The standard InChI is InChI=1S/C22H20F3N5O/c1-30(2)18-10-8-15(9-11-18)14-27-29-21(31)19-7-4-12-26-20(19)28-17-6-3-5-16(13-17)22(23,24)25/h3-14H,1-2H3,(H,26,28)(H,29,31)/b27-14+. The number of anilines is 3. The Kier molecular flexibility index (Phi) is 6.54. The van der Waals surface area contributed by atoms with Crippen LogP contribution in [0.2, 0.25) is 0 Å². The Morgan fingerprint density at radius 2 is 1.81 bits per heavy atom. The van der Waals surface area contributed by atoms with Gasteiger partial charge < -0.3 is 10.2 Å². The molecule has 0 saturated heterocycles. The van der Waals surface area contributed by atoms with Crippen LogP contribution < -0.4 is 15.6 Å². The molecule has 0 aliphatic carbocycles. The van der Waals surface area contributed by atoms with Gasteiger partial charge in [-0.3, -0.25) is 4.79 Å². The van der Waals surface area contributed by atoms with Crippen molar-refractivity contribution >= 4 is 29.3 Å². The summed E-state index contributed by atoms with van der Waals surface area (Å²) in [4.78, 5) is 18.6. The SMILES string of the molecule is CN(C)c1ccc(/C=N/NC(=O)c2cccnc2Nc2cccc(C(F)(F)F)c2)cc1. The number of alkyl halides is 3. The number of carbonyl (C=O) groups excluding carboxylic acids is 1. The Hall–Kier alpha value is -3.88. The van der Waals surface area contributed by atoms with Crippen molar-refractivity contribution in [1.82, 2.24) is 10.4 Å². The number of hydrogen-bond donors (Lipinski definition) is 2. The highest BCUT2D eigenvalue weighted by molar-refractivity contribution is 5.99. The molecule has 0 fully saturated rings. The number of halogens is 3. The molecule has 0 atom stereocenters. The molecule has 1 amide bonds. The highest BCUT2D eigenvalue weighted by atomic mass is 19.4. The van der Waals surface area contributed by atoms with E-state index in [0.29, 0.717) is 0 Å². The molecule has 9 heteroatoms. The molecular formula is C22H20F3N5O. The van der Waals surface area contributed by atoms with E-state index in [4.69, 9.17) is 0 Å². The van der Waals surface area contributed by atoms with E-state index in [1.54, 1.807) is 6.07 Å². The van der Waals surface area contributed by atoms with E-state index in [-0.39, 0.29) is 17.1 Å². The lowest BCUT2D eigenvalue weighted by Gasteiger charge is -2.12. The van der Waals surface area contributed by atoms with Crippen molar-refractivity contribution in [1.29, 1.82) is 0 Å². The Bertz CT molecular complexity index is 1080. The molecule has 0 saturated carbocycles. The number of nitrogens with zero attached hydrogens (tertiary/aromatic N) is 3. The van der Waals surface area contributed by atoms with E-state index in [0.717, 1.165) is 23.4 Å². The molecule has 3 rings (SSSR count). The molecule has 2 aromatic carbocycles. The van der Waals surface area contributed by atoms with Crippen LogP contribution in [-0.2, 0) is 6.18 Å². The highest BCUT2D eigenvalue weighted by Gasteiger charge is 2.30. The van der Waals surface area contributed by atoms with E-state index >= 15 is 0 Å². The zero-order valence-electron chi connectivity index (χ0n) is 16.8. The summed E-state index contributed by atoms with van der Waals surface area (Å²) in [5.41, 5.74) is 3.72. The third-order valence-corrected chi connectivity index (χ3v) is 4.29. The van der Waals surface area contributed by atoms with Gasteiger partial charge in [0.05, 0.1) is 17.3 Å². The van der Waals surface area contributed by atoms with Crippen LogP contribution in [0, 0.1) is 0 Å². The highest BCUT2D eigenvalue weighted by Crippen LogP contribution is 2.31. The normalized spacial score (nSPS) is 11.4. The average Bonchev–Trinajstić information content (AvgIpc) is 2.74. The van der Waals surface area contributed by atoms with E-state index < -0.39 is 17.6 Å². The minimum atomic E-state index is -4.47. The van der Waals surface area contributed by atoms with Crippen molar-refractivity contribution in [3.05, 3.63) is 83.6 Å². The smallest absolute Gasteiger partial charge is 0.378 e. The van der Waals surface area contributed by atoms with Crippen molar-refractivity contribution in [3.8, 4) is 0 Å². The lowest BCUT2D eigenvalue weighted by molar-refractivity contribution is -0.137. The molecule has 0 bridgehead atoms. The number of hydrogen-bond acceptors (Lipinski definition) is 5. The lowest BCUT2D eigenvalue weighted by atomic mass is 10.2. The maximum atomic E-state index is 12.9. The van der Waals surface area contributed by atoms with Gasteiger partial charge in [0.25, 0.3) is 5.91 Å². The Morgan fingerprint density at radius 3 is 2.48 bits per heavy atom. The first-order valence-electron chi connectivity index (χ1n) is 9.24.